The highest BCUT2D eigenvalue weighted by Crippen LogP contribution is 2.40. The Labute approximate surface area is 258 Å². The van der Waals surface area contributed by atoms with Gasteiger partial charge in [-0.05, 0) is 39.4 Å². The Morgan fingerprint density at radius 2 is 0.889 bits per heavy atom. The minimum Gasteiger partial charge on any atom is -0.454 e. The van der Waals surface area contributed by atoms with Crippen LogP contribution in [0.1, 0.15) is 0 Å². The van der Waals surface area contributed by atoms with Gasteiger partial charge in [0.1, 0.15) is 5.58 Å². The van der Waals surface area contributed by atoms with E-state index < -0.39 is 0 Å². The summed E-state index contributed by atoms with van der Waals surface area (Å²) in [6.07, 6.45) is 3.59. The first kappa shape index (κ1) is 25.3. The molecule has 45 heavy (non-hydrogen) atoms. The first-order valence-electron chi connectivity index (χ1n) is 14.9. The van der Waals surface area contributed by atoms with Gasteiger partial charge in [0.2, 0.25) is 0 Å². The Bertz CT molecular complexity index is 2480. The molecule has 0 atom stereocenters. The van der Waals surface area contributed by atoms with Crippen molar-refractivity contribution in [1.29, 1.82) is 0 Å². The van der Waals surface area contributed by atoms with E-state index in [1.807, 2.05) is 72.9 Å². The second-order valence-electron chi connectivity index (χ2n) is 11.1. The molecule has 0 amide bonds. The van der Waals surface area contributed by atoms with Gasteiger partial charge in [-0.1, -0.05) is 121 Å². The Hall–Kier alpha value is -6.20. The summed E-state index contributed by atoms with van der Waals surface area (Å²) in [5, 5.41) is 6.57. The van der Waals surface area contributed by atoms with Gasteiger partial charge >= 0.3 is 0 Å². The molecule has 6 aromatic carbocycles. The lowest BCUT2D eigenvalue weighted by atomic mass is 9.92. The summed E-state index contributed by atoms with van der Waals surface area (Å²) in [5.41, 5.74) is 6.80. The summed E-state index contributed by atoms with van der Waals surface area (Å²) in [6, 6.07) is 45.8. The molecule has 3 aromatic heterocycles. The molecule has 0 unspecified atom stereocenters. The smallest absolute Gasteiger partial charge is 0.164 e. The zero-order valence-corrected chi connectivity index (χ0v) is 24.1. The van der Waals surface area contributed by atoms with E-state index in [0.29, 0.717) is 17.5 Å². The van der Waals surface area contributed by atoms with Crippen LogP contribution < -0.4 is 0 Å². The highest BCUT2D eigenvalue weighted by atomic mass is 16.3. The van der Waals surface area contributed by atoms with Gasteiger partial charge in [-0.15, -0.1) is 0 Å². The SMILES string of the molecule is c1ccc(-c2nc(-c3ccccc3)nc(-c3cccc4c(-c5cccc6c5ccc5c7ccncc7oc65)cccc34)n2)cc1. The largest absolute Gasteiger partial charge is 0.454 e. The van der Waals surface area contributed by atoms with Crippen LogP contribution >= 0.6 is 0 Å². The molecule has 0 bridgehead atoms. The van der Waals surface area contributed by atoms with E-state index in [9.17, 15) is 0 Å². The fourth-order valence-corrected chi connectivity index (χ4v) is 6.35. The van der Waals surface area contributed by atoms with Crippen LogP contribution in [-0.4, -0.2) is 19.9 Å². The molecule has 0 aliphatic rings. The molecule has 3 heterocycles. The molecule has 0 fully saturated rings. The second-order valence-corrected chi connectivity index (χ2v) is 11.1. The third-order valence-electron chi connectivity index (χ3n) is 8.45. The molecule has 0 spiro atoms. The summed E-state index contributed by atoms with van der Waals surface area (Å²) in [4.78, 5) is 19.2. The van der Waals surface area contributed by atoms with Gasteiger partial charge in [0, 0.05) is 39.0 Å². The van der Waals surface area contributed by atoms with Gasteiger partial charge in [-0.3, -0.25) is 4.98 Å². The highest BCUT2D eigenvalue weighted by molar-refractivity contribution is 6.18. The average molecular weight is 577 g/mol. The Morgan fingerprint density at radius 3 is 1.56 bits per heavy atom. The summed E-state index contributed by atoms with van der Waals surface area (Å²) >= 11 is 0. The fraction of sp³-hybridized carbons (Fsp3) is 0. The van der Waals surface area contributed by atoms with E-state index in [0.717, 1.165) is 71.3 Å². The lowest BCUT2D eigenvalue weighted by molar-refractivity contribution is 0.670. The van der Waals surface area contributed by atoms with Gasteiger partial charge in [0.25, 0.3) is 0 Å². The standard InChI is InChI=1S/C40H24N4O/c1-3-10-25(11-4-1)38-42-39(26-12-5-2-6-13-26)44-40(43-38)35-19-9-16-28-27(14-7-17-30(28)35)29-15-8-18-33-31(29)20-21-34-32-22-23-41-24-36(32)45-37(33)34/h1-24H. The first-order chi connectivity index (χ1) is 22.3. The zero-order chi connectivity index (χ0) is 29.7. The number of pyridine rings is 1. The van der Waals surface area contributed by atoms with Crippen LogP contribution in [0.3, 0.4) is 0 Å². The maximum Gasteiger partial charge on any atom is 0.164 e. The van der Waals surface area contributed by atoms with Crippen LogP contribution in [0.4, 0.5) is 0 Å². The summed E-state index contributed by atoms with van der Waals surface area (Å²) in [5.74, 6) is 1.93. The van der Waals surface area contributed by atoms with E-state index in [2.05, 4.69) is 71.7 Å². The van der Waals surface area contributed by atoms with Gasteiger partial charge < -0.3 is 4.42 Å². The van der Waals surface area contributed by atoms with Crippen LogP contribution in [0.5, 0.6) is 0 Å². The average Bonchev–Trinajstić information content (AvgIpc) is 3.51. The molecule has 0 radical (unpaired) electrons. The van der Waals surface area contributed by atoms with E-state index in [1.165, 1.54) is 0 Å². The van der Waals surface area contributed by atoms with E-state index >= 15 is 0 Å². The molecular formula is C40H24N4O. The van der Waals surface area contributed by atoms with Crippen molar-refractivity contribution in [3.8, 4) is 45.3 Å². The van der Waals surface area contributed by atoms with E-state index in [-0.39, 0.29) is 0 Å². The number of fused-ring (bicyclic) bond motifs is 6. The van der Waals surface area contributed by atoms with Crippen molar-refractivity contribution in [2.45, 2.75) is 0 Å². The number of hydrogen-bond donors (Lipinski definition) is 0. The Kier molecular flexibility index (Phi) is 5.74. The van der Waals surface area contributed by atoms with Crippen molar-refractivity contribution < 1.29 is 4.42 Å². The lowest BCUT2D eigenvalue weighted by Gasteiger charge is -2.14. The quantitative estimate of drug-likeness (QED) is 0.209. The molecule has 0 saturated carbocycles. The van der Waals surface area contributed by atoms with Crippen LogP contribution in [-0.2, 0) is 0 Å². The predicted molar refractivity (Wildman–Crippen MR) is 182 cm³/mol. The molecule has 0 aliphatic heterocycles. The molecule has 5 nitrogen and oxygen atoms in total. The summed E-state index contributed by atoms with van der Waals surface area (Å²) in [7, 11) is 0. The Balaban J connectivity index is 1.26. The highest BCUT2D eigenvalue weighted by Gasteiger charge is 2.17. The fourth-order valence-electron chi connectivity index (χ4n) is 6.35. The summed E-state index contributed by atoms with van der Waals surface area (Å²) < 4.78 is 6.33. The maximum atomic E-state index is 6.33. The van der Waals surface area contributed by atoms with Gasteiger partial charge in [-0.25, -0.2) is 15.0 Å². The van der Waals surface area contributed by atoms with Crippen molar-refractivity contribution >= 4 is 43.5 Å². The van der Waals surface area contributed by atoms with Crippen LogP contribution in [0.2, 0.25) is 0 Å². The number of rotatable bonds is 4. The van der Waals surface area contributed by atoms with Gasteiger partial charge in [0.05, 0.1) is 6.20 Å². The minimum absolute atomic E-state index is 0.640. The van der Waals surface area contributed by atoms with Crippen molar-refractivity contribution in [3.63, 3.8) is 0 Å². The zero-order valence-electron chi connectivity index (χ0n) is 24.1. The van der Waals surface area contributed by atoms with Crippen molar-refractivity contribution in [2.75, 3.05) is 0 Å². The van der Waals surface area contributed by atoms with Crippen LogP contribution in [0.25, 0.3) is 88.8 Å². The molecule has 5 heteroatoms. The third kappa shape index (κ3) is 4.17. The molecular weight excluding hydrogens is 552 g/mol. The van der Waals surface area contributed by atoms with Crippen molar-refractivity contribution in [2.24, 2.45) is 0 Å². The second kappa shape index (κ2) is 10.2. The topological polar surface area (TPSA) is 64.7 Å². The maximum absolute atomic E-state index is 6.33. The van der Waals surface area contributed by atoms with Crippen LogP contribution in [0.15, 0.2) is 150 Å². The molecule has 210 valence electrons. The minimum atomic E-state index is 0.640. The van der Waals surface area contributed by atoms with Gasteiger partial charge in [0.15, 0.2) is 23.1 Å². The summed E-state index contributed by atoms with van der Waals surface area (Å²) in [6.45, 7) is 0. The van der Waals surface area contributed by atoms with E-state index in [1.54, 1.807) is 6.20 Å². The number of nitrogens with zero attached hydrogens (tertiary/aromatic N) is 4. The number of hydrogen-bond acceptors (Lipinski definition) is 5. The van der Waals surface area contributed by atoms with Gasteiger partial charge in [-0.2, -0.15) is 0 Å². The number of aromatic nitrogens is 4. The Morgan fingerprint density at radius 1 is 0.378 bits per heavy atom. The van der Waals surface area contributed by atoms with E-state index in [4.69, 9.17) is 19.4 Å². The molecule has 0 saturated heterocycles. The monoisotopic (exact) mass is 576 g/mol. The van der Waals surface area contributed by atoms with Crippen molar-refractivity contribution in [3.05, 3.63) is 146 Å². The van der Waals surface area contributed by atoms with Crippen molar-refractivity contribution in [1.82, 2.24) is 19.9 Å². The number of furan rings is 1. The molecule has 9 aromatic rings. The van der Waals surface area contributed by atoms with Crippen LogP contribution in [0, 0.1) is 0 Å². The predicted octanol–water partition coefficient (Wildman–Crippen LogP) is 10.1. The first-order valence-corrected chi connectivity index (χ1v) is 14.9. The lowest BCUT2D eigenvalue weighted by Crippen LogP contribution is -2.00. The normalized spacial score (nSPS) is 11.6. The molecule has 0 N–H and O–H groups in total. The third-order valence-corrected chi connectivity index (χ3v) is 8.45. The number of benzene rings is 6. The molecule has 0 aliphatic carbocycles. The molecule has 9 rings (SSSR count).